The Kier molecular flexibility index (Phi) is 6.86. The number of benzene rings is 1. The van der Waals surface area contributed by atoms with E-state index >= 15 is 0 Å². The predicted octanol–water partition coefficient (Wildman–Crippen LogP) is 3.84. The van der Waals surface area contributed by atoms with Crippen LogP contribution in [-0.2, 0) is 22.2 Å². The summed E-state index contributed by atoms with van der Waals surface area (Å²) in [5.41, 5.74) is 3.18. The lowest BCUT2D eigenvalue weighted by Gasteiger charge is -2.31. The van der Waals surface area contributed by atoms with Gasteiger partial charge in [-0.3, -0.25) is 4.79 Å². The van der Waals surface area contributed by atoms with E-state index in [2.05, 4.69) is 59.0 Å². The first-order valence-corrected chi connectivity index (χ1v) is 12.0. The third kappa shape index (κ3) is 5.57. The van der Waals surface area contributed by atoms with Crippen LogP contribution in [-0.4, -0.2) is 30.1 Å². The minimum atomic E-state index is -0.0965. The first-order valence-electron chi connectivity index (χ1n) is 12.0. The average Bonchev–Trinajstić information content (AvgIpc) is 3.14. The van der Waals surface area contributed by atoms with Gasteiger partial charge in [-0.15, -0.1) is 0 Å². The van der Waals surface area contributed by atoms with Gasteiger partial charge in [0.15, 0.2) is 0 Å². The summed E-state index contributed by atoms with van der Waals surface area (Å²) in [6.45, 7) is 16.0. The Balaban J connectivity index is 1.66. The van der Waals surface area contributed by atoms with E-state index < -0.39 is 0 Å². The molecule has 2 aliphatic rings. The number of carbonyl (C=O) groups is 1. The fourth-order valence-electron chi connectivity index (χ4n) is 5.08. The number of amides is 1. The molecule has 1 aromatic carbocycles. The largest absolute Gasteiger partial charge is 0.507 e. The lowest BCUT2D eigenvalue weighted by molar-refractivity contribution is -0.919. The molecule has 1 aliphatic heterocycles. The van der Waals surface area contributed by atoms with Crippen molar-refractivity contribution in [3.8, 4) is 5.75 Å². The minimum Gasteiger partial charge on any atom is -0.507 e. The number of piperidine rings is 1. The van der Waals surface area contributed by atoms with Gasteiger partial charge < -0.3 is 15.3 Å². The maximum atomic E-state index is 12.6. The molecule has 1 heterocycles. The molecule has 4 nitrogen and oxygen atoms in total. The van der Waals surface area contributed by atoms with Gasteiger partial charge in [-0.2, -0.15) is 0 Å². The number of hydrogen-bond donors (Lipinski definition) is 3. The lowest BCUT2D eigenvalue weighted by Crippen LogP contribution is -3.11. The zero-order valence-electron chi connectivity index (χ0n) is 20.0. The molecule has 1 saturated heterocycles. The molecule has 0 bridgehead atoms. The molecule has 0 atom stereocenters. The Labute approximate surface area is 183 Å². The van der Waals surface area contributed by atoms with E-state index in [1.54, 1.807) is 4.90 Å². The summed E-state index contributed by atoms with van der Waals surface area (Å²) in [7, 11) is 0. The van der Waals surface area contributed by atoms with Crippen LogP contribution in [0.3, 0.4) is 0 Å². The number of aromatic hydroxyl groups is 1. The number of quaternary nitrogens is 1. The Hall–Kier alpha value is -1.55. The second-order valence-electron chi connectivity index (χ2n) is 11.7. The van der Waals surface area contributed by atoms with Gasteiger partial charge in [0, 0.05) is 41.5 Å². The highest BCUT2D eigenvalue weighted by Gasteiger charge is 2.31. The highest BCUT2D eigenvalue weighted by molar-refractivity contribution is 5.79. The minimum absolute atomic E-state index is 0.0965. The molecule has 1 aromatic rings. The molecular formula is C26H43N2O2+. The zero-order chi connectivity index (χ0) is 22.1. The monoisotopic (exact) mass is 415 g/mol. The van der Waals surface area contributed by atoms with E-state index in [0.717, 1.165) is 56.4 Å². The lowest BCUT2D eigenvalue weighted by atomic mass is 9.78. The topological polar surface area (TPSA) is 53.8 Å². The Morgan fingerprint density at radius 1 is 0.967 bits per heavy atom. The van der Waals surface area contributed by atoms with Crippen LogP contribution in [0.1, 0.15) is 96.8 Å². The van der Waals surface area contributed by atoms with Crippen LogP contribution in [0.5, 0.6) is 5.75 Å². The molecule has 30 heavy (non-hydrogen) atoms. The Bertz CT molecular complexity index is 708. The van der Waals surface area contributed by atoms with Crippen molar-refractivity contribution in [3.05, 3.63) is 28.8 Å². The van der Waals surface area contributed by atoms with Crippen molar-refractivity contribution in [1.29, 1.82) is 0 Å². The molecule has 1 aliphatic carbocycles. The molecule has 3 rings (SSSR count). The summed E-state index contributed by atoms with van der Waals surface area (Å²) in [4.78, 5) is 14.2. The van der Waals surface area contributed by atoms with Crippen molar-refractivity contribution in [2.24, 2.45) is 5.92 Å². The summed E-state index contributed by atoms with van der Waals surface area (Å²) in [5.74, 6) is 0.927. The molecule has 4 heteroatoms. The van der Waals surface area contributed by atoms with Crippen molar-refractivity contribution in [1.82, 2.24) is 5.32 Å². The second-order valence-corrected chi connectivity index (χ2v) is 11.7. The summed E-state index contributed by atoms with van der Waals surface area (Å²) in [5, 5.41) is 14.2. The van der Waals surface area contributed by atoms with Crippen molar-refractivity contribution >= 4 is 5.91 Å². The van der Waals surface area contributed by atoms with Crippen LogP contribution >= 0.6 is 0 Å². The summed E-state index contributed by atoms with van der Waals surface area (Å²) < 4.78 is 0. The van der Waals surface area contributed by atoms with Crippen molar-refractivity contribution in [2.45, 2.75) is 103 Å². The van der Waals surface area contributed by atoms with Crippen LogP contribution in [0.25, 0.3) is 0 Å². The molecule has 1 amide bonds. The Morgan fingerprint density at radius 3 is 1.93 bits per heavy atom. The zero-order valence-corrected chi connectivity index (χ0v) is 20.0. The number of likely N-dealkylation sites (tertiary alicyclic amines) is 1. The molecule has 168 valence electrons. The standard InChI is InChI=1S/C26H42N2O2/c1-25(2,3)21-15-18(16-22(23(21)29)26(4,5)6)17-28-13-11-19(12-14-28)24(30)27-20-9-7-8-10-20/h15-16,19-20,29H,7-14,17H2,1-6H3,(H,27,30)/p+1. The highest BCUT2D eigenvalue weighted by atomic mass is 16.3. The van der Waals surface area contributed by atoms with Crippen LogP contribution in [0, 0.1) is 5.92 Å². The van der Waals surface area contributed by atoms with Gasteiger partial charge in [-0.05, 0) is 35.8 Å². The smallest absolute Gasteiger partial charge is 0.223 e. The highest BCUT2D eigenvalue weighted by Crippen LogP contribution is 2.39. The molecule has 0 unspecified atom stereocenters. The fourth-order valence-corrected chi connectivity index (χ4v) is 5.08. The summed E-state index contributed by atoms with van der Waals surface area (Å²) >= 11 is 0. The van der Waals surface area contributed by atoms with Gasteiger partial charge in [0.25, 0.3) is 0 Å². The van der Waals surface area contributed by atoms with Gasteiger partial charge >= 0.3 is 0 Å². The first-order chi connectivity index (χ1) is 13.9. The van der Waals surface area contributed by atoms with Gasteiger partial charge in [0.05, 0.1) is 13.1 Å². The summed E-state index contributed by atoms with van der Waals surface area (Å²) in [6.07, 6.45) is 6.78. The molecule has 0 radical (unpaired) electrons. The SMILES string of the molecule is CC(C)(C)c1cc(C[NH+]2CCC(C(=O)NC3CCCC3)CC2)cc(C(C)(C)C)c1O. The van der Waals surface area contributed by atoms with Crippen LogP contribution in [0.4, 0.5) is 0 Å². The number of carbonyl (C=O) groups excluding carboxylic acids is 1. The van der Waals surface area contributed by atoms with E-state index in [0.29, 0.717) is 11.8 Å². The van der Waals surface area contributed by atoms with E-state index in [1.165, 1.54) is 18.4 Å². The van der Waals surface area contributed by atoms with Gasteiger partial charge in [0.1, 0.15) is 12.3 Å². The van der Waals surface area contributed by atoms with Crippen molar-refractivity contribution in [2.75, 3.05) is 13.1 Å². The van der Waals surface area contributed by atoms with E-state index in [4.69, 9.17) is 0 Å². The molecule has 3 N–H and O–H groups in total. The second kappa shape index (κ2) is 8.90. The number of rotatable bonds is 4. The molecule has 0 aromatic heterocycles. The third-order valence-corrected chi connectivity index (χ3v) is 7.00. The van der Waals surface area contributed by atoms with Gasteiger partial charge in [-0.25, -0.2) is 0 Å². The molecule has 0 spiro atoms. The average molecular weight is 416 g/mol. The van der Waals surface area contributed by atoms with Crippen LogP contribution < -0.4 is 10.2 Å². The van der Waals surface area contributed by atoms with E-state index in [-0.39, 0.29) is 22.7 Å². The van der Waals surface area contributed by atoms with Gasteiger partial charge in [-0.1, -0.05) is 54.4 Å². The van der Waals surface area contributed by atoms with Crippen LogP contribution in [0.15, 0.2) is 12.1 Å². The van der Waals surface area contributed by atoms with E-state index in [1.807, 2.05) is 0 Å². The first kappa shape index (κ1) is 23.1. The Morgan fingerprint density at radius 2 is 1.47 bits per heavy atom. The quantitative estimate of drug-likeness (QED) is 0.700. The van der Waals surface area contributed by atoms with Crippen molar-refractivity contribution < 1.29 is 14.8 Å². The molecular weight excluding hydrogens is 372 g/mol. The number of phenols is 1. The van der Waals surface area contributed by atoms with Crippen molar-refractivity contribution in [3.63, 3.8) is 0 Å². The number of phenolic OH excluding ortho intramolecular Hbond substituents is 1. The maximum Gasteiger partial charge on any atom is 0.223 e. The normalized spacial score (nSPS) is 23.5. The maximum absolute atomic E-state index is 12.6. The summed E-state index contributed by atoms with van der Waals surface area (Å²) in [6, 6.07) is 4.83. The number of nitrogens with one attached hydrogen (secondary N) is 2. The fraction of sp³-hybridized carbons (Fsp3) is 0.731. The number of hydrogen-bond acceptors (Lipinski definition) is 2. The van der Waals surface area contributed by atoms with Gasteiger partial charge in [0.2, 0.25) is 5.91 Å². The third-order valence-electron chi connectivity index (χ3n) is 7.00. The molecule has 2 fully saturated rings. The predicted molar refractivity (Wildman–Crippen MR) is 123 cm³/mol. The molecule has 1 saturated carbocycles. The van der Waals surface area contributed by atoms with Crippen LogP contribution in [0.2, 0.25) is 0 Å². The van der Waals surface area contributed by atoms with E-state index in [9.17, 15) is 9.90 Å².